The second-order valence-corrected chi connectivity index (χ2v) is 9.62. The first kappa shape index (κ1) is 26.8. The van der Waals surface area contributed by atoms with Gasteiger partial charge in [-0.05, 0) is 60.2 Å². The number of methoxy groups -OCH3 is 1. The van der Waals surface area contributed by atoms with Gasteiger partial charge in [0, 0.05) is 11.3 Å². The molecule has 3 aromatic rings. The highest BCUT2D eigenvalue weighted by Crippen LogP contribution is 2.39. The molecule has 3 aromatic carbocycles. The molecule has 0 radical (unpaired) electrons. The summed E-state index contributed by atoms with van der Waals surface area (Å²) < 4.78 is 11.3. The number of imide groups is 1. The molecule has 38 heavy (non-hydrogen) atoms. The standard InChI is InChI=1S/C28H22ClN3O5S/c1-17-7-3-6-10-22(17)31-25(33)15-32-27(34)24(38-28(32)35)13-18-11-21(29)26(23(12-18)36-2)37-16-20-9-5-4-8-19(20)14-30/h3-13H,15-16H2,1-2H3,(H,31,33)/b24-13+. The number of hydrogen-bond acceptors (Lipinski definition) is 7. The minimum Gasteiger partial charge on any atom is -0.493 e. The van der Waals surface area contributed by atoms with Crippen molar-refractivity contribution in [3.63, 3.8) is 0 Å². The minimum absolute atomic E-state index is 0.0998. The summed E-state index contributed by atoms with van der Waals surface area (Å²) in [6.45, 7) is 1.54. The Morgan fingerprint density at radius 1 is 1.16 bits per heavy atom. The van der Waals surface area contributed by atoms with E-state index in [1.54, 1.807) is 48.5 Å². The molecular formula is C28H22ClN3O5S. The number of carbonyl (C=O) groups excluding carboxylic acids is 3. The van der Waals surface area contributed by atoms with Crippen LogP contribution < -0.4 is 14.8 Å². The van der Waals surface area contributed by atoms with Gasteiger partial charge in [0.05, 0.1) is 28.7 Å². The van der Waals surface area contributed by atoms with E-state index in [4.69, 9.17) is 21.1 Å². The third-order valence-electron chi connectivity index (χ3n) is 5.65. The zero-order valence-corrected chi connectivity index (χ0v) is 22.1. The molecule has 1 aliphatic rings. The third kappa shape index (κ3) is 5.99. The van der Waals surface area contributed by atoms with Gasteiger partial charge >= 0.3 is 0 Å². The Bertz CT molecular complexity index is 1500. The average Bonchev–Trinajstić information content (AvgIpc) is 3.16. The fraction of sp³-hybridized carbons (Fsp3) is 0.143. The normalized spacial score (nSPS) is 13.9. The van der Waals surface area contributed by atoms with Crippen LogP contribution >= 0.6 is 23.4 Å². The van der Waals surface area contributed by atoms with Crippen LogP contribution in [-0.2, 0) is 16.2 Å². The minimum atomic E-state index is -0.580. The number of hydrogen-bond donors (Lipinski definition) is 1. The zero-order valence-electron chi connectivity index (χ0n) is 20.5. The van der Waals surface area contributed by atoms with Crippen LogP contribution in [-0.4, -0.2) is 35.6 Å². The van der Waals surface area contributed by atoms with Gasteiger partial charge in [-0.15, -0.1) is 0 Å². The van der Waals surface area contributed by atoms with E-state index in [1.165, 1.54) is 13.2 Å². The van der Waals surface area contributed by atoms with Crippen LogP contribution in [0, 0.1) is 18.3 Å². The van der Waals surface area contributed by atoms with Gasteiger partial charge in [-0.3, -0.25) is 19.3 Å². The summed E-state index contributed by atoms with van der Waals surface area (Å²) in [4.78, 5) is 39.0. The molecule has 1 fully saturated rings. The molecule has 1 heterocycles. The number of ether oxygens (including phenoxy) is 2. The molecule has 4 rings (SSSR count). The first-order valence-corrected chi connectivity index (χ1v) is 12.6. The van der Waals surface area contributed by atoms with Gasteiger partial charge in [0.25, 0.3) is 11.1 Å². The van der Waals surface area contributed by atoms with E-state index >= 15 is 0 Å². The third-order valence-corrected chi connectivity index (χ3v) is 6.84. The number of amides is 3. The van der Waals surface area contributed by atoms with Gasteiger partial charge < -0.3 is 14.8 Å². The van der Waals surface area contributed by atoms with E-state index in [1.807, 2.05) is 19.1 Å². The molecule has 1 saturated heterocycles. The van der Waals surface area contributed by atoms with Crippen molar-refractivity contribution in [2.75, 3.05) is 19.0 Å². The van der Waals surface area contributed by atoms with Gasteiger partial charge in [0.15, 0.2) is 11.5 Å². The van der Waals surface area contributed by atoms with Gasteiger partial charge in [-0.25, -0.2) is 0 Å². The number of nitrogens with one attached hydrogen (secondary N) is 1. The topological polar surface area (TPSA) is 109 Å². The van der Waals surface area contributed by atoms with E-state index in [2.05, 4.69) is 11.4 Å². The maximum atomic E-state index is 12.9. The first-order valence-electron chi connectivity index (χ1n) is 11.4. The van der Waals surface area contributed by atoms with Gasteiger partial charge in [-0.2, -0.15) is 5.26 Å². The lowest BCUT2D eigenvalue weighted by molar-refractivity contribution is -0.127. The zero-order chi connectivity index (χ0) is 27.2. The highest BCUT2D eigenvalue weighted by atomic mass is 35.5. The summed E-state index contributed by atoms with van der Waals surface area (Å²) >= 11 is 7.21. The Balaban J connectivity index is 1.49. The van der Waals surface area contributed by atoms with Crippen molar-refractivity contribution >= 4 is 52.2 Å². The van der Waals surface area contributed by atoms with Crippen molar-refractivity contribution in [1.82, 2.24) is 4.90 Å². The molecule has 0 atom stereocenters. The van der Waals surface area contributed by atoms with Crippen LogP contribution in [0.1, 0.15) is 22.3 Å². The Hall–Kier alpha value is -4.26. The fourth-order valence-electron chi connectivity index (χ4n) is 3.70. The number of benzene rings is 3. The molecule has 0 saturated carbocycles. The summed E-state index contributed by atoms with van der Waals surface area (Å²) in [6, 6.07) is 19.6. The SMILES string of the molecule is COc1cc(/C=C2/SC(=O)N(CC(=O)Nc3ccccc3C)C2=O)cc(Cl)c1OCc1ccccc1C#N. The van der Waals surface area contributed by atoms with E-state index in [0.29, 0.717) is 28.1 Å². The molecular weight excluding hydrogens is 526 g/mol. The number of para-hydroxylation sites is 1. The molecule has 0 spiro atoms. The smallest absolute Gasteiger partial charge is 0.294 e. The lowest BCUT2D eigenvalue weighted by Gasteiger charge is -2.14. The number of rotatable bonds is 8. The lowest BCUT2D eigenvalue weighted by atomic mass is 10.1. The van der Waals surface area contributed by atoms with Crippen LogP contribution in [0.3, 0.4) is 0 Å². The molecule has 3 amide bonds. The highest BCUT2D eigenvalue weighted by molar-refractivity contribution is 8.18. The maximum Gasteiger partial charge on any atom is 0.294 e. The molecule has 10 heteroatoms. The van der Waals surface area contributed by atoms with E-state index in [0.717, 1.165) is 22.2 Å². The highest BCUT2D eigenvalue weighted by Gasteiger charge is 2.36. The van der Waals surface area contributed by atoms with Crippen LogP contribution in [0.4, 0.5) is 10.5 Å². The predicted molar refractivity (Wildman–Crippen MR) is 146 cm³/mol. The molecule has 0 bridgehead atoms. The van der Waals surface area contributed by atoms with Crippen LogP contribution in [0.25, 0.3) is 6.08 Å². The average molecular weight is 548 g/mol. The number of halogens is 1. The molecule has 0 aromatic heterocycles. The quantitative estimate of drug-likeness (QED) is 0.356. The van der Waals surface area contributed by atoms with Crippen molar-refractivity contribution in [1.29, 1.82) is 5.26 Å². The Labute approximate surface area is 228 Å². The van der Waals surface area contributed by atoms with E-state index in [-0.39, 0.29) is 22.3 Å². The van der Waals surface area contributed by atoms with Crippen molar-refractivity contribution in [2.24, 2.45) is 0 Å². The molecule has 8 nitrogen and oxygen atoms in total. The molecule has 192 valence electrons. The summed E-state index contributed by atoms with van der Waals surface area (Å²) in [7, 11) is 1.45. The van der Waals surface area contributed by atoms with Crippen molar-refractivity contribution in [3.8, 4) is 17.6 Å². The van der Waals surface area contributed by atoms with E-state index < -0.39 is 23.6 Å². The molecule has 0 aliphatic carbocycles. The summed E-state index contributed by atoms with van der Waals surface area (Å²) in [5.74, 6) is -0.467. The molecule has 0 unspecified atom stereocenters. The summed E-state index contributed by atoms with van der Waals surface area (Å²) in [6.07, 6.45) is 1.51. The Morgan fingerprint density at radius 3 is 2.63 bits per heavy atom. The predicted octanol–water partition coefficient (Wildman–Crippen LogP) is 5.78. The lowest BCUT2D eigenvalue weighted by Crippen LogP contribution is -2.36. The monoisotopic (exact) mass is 547 g/mol. The van der Waals surface area contributed by atoms with Crippen molar-refractivity contribution in [2.45, 2.75) is 13.5 Å². The number of nitriles is 1. The Morgan fingerprint density at radius 2 is 1.89 bits per heavy atom. The maximum absolute atomic E-state index is 12.9. The fourth-order valence-corrected chi connectivity index (χ4v) is 4.81. The number of aryl methyl sites for hydroxylation is 1. The number of carbonyl (C=O) groups is 3. The largest absolute Gasteiger partial charge is 0.493 e. The van der Waals surface area contributed by atoms with E-state index in [9.17, 15) is 19.6 Å². The Kier molecular flexibility index (Phi) is 8.36. The second kappa shape index (κ2) is 11.9. The number of nitrogens with zero attached hydrogens (tertiary/aromatic N) is 2. The van der Waals surface area contributed by atoms with Gasteiger partial charge in [0.2, 0.25) is 5.91 Å². The summed E-state index contributed by atoms with van der Waals surface area (Å²) in [5.41, 5.74) is 3.16. The van der Waals surface area contributed by atoms with Crippen LogP contribution in [0.15, 0.2) is 65.6 Å². The van der Waals surface area contributed by atoms with Crippen molar-refractivity contribution < 1.29 is 23.9 Å². The van der Waals surface area contributed by atoms with Crippen molar-refractivity contribution in [3.05, 3.63) is 92.8 Å². The second-order valence-electron chi connectivity index (χ2n) is 8.22. The van der Waals surface area contributed by atoms with Gasteiger partial charge in [0.1, 0.15) is 13.2 Å². The number of anilines is 1. The van der Waals surface area contributed by atoms with Gasteiger partial charge in [-0.1, -0.05) is 48.0 Å². The first-order chi connectivity index (χ1) is 18.3. The molecule has 1 N–H and O–H groups in total. The number of thioether (sulfide) groups is 1. The van der Waals surface area contributed by atoms with Crippen LogP contribution in [0.5, 0.6) is 11.5 Å². The summed E-state index contributed by atoms with van der Waals surface area (Å²) in [5, 5.41) is 11.7. The molecule has 1 aliphatic heterocycles. The van der Waals surface area contributed by atoms with Crippen LogP contribution in [0.2, 0.25) is 5.02 Å².